The number of aryl methyl sites for hydroxylation is 2. The van der Waals surface area contributed by atoms with Crippen LogP contribution in [-0.2, 0) is 0 Å². The van der Waals surface area contributed by atoms with E-state index in [0.29, 0.717) is 13.2 Å². The van der Waals surface area contributed by atoms with Gasteiger partial charge in [-0.15, -0.1) is 0 Å². The van der Waals surface area contributed by atoms with Crippen molar-refractivity contribution in [2.75, 3.05) is 13.2 Å². The average Bonchev–Trinajstić information content (AvgIpc) is 2.41. The molecule has 0 saturated carbocycles. The summed E-state index contributed by atoms with van der Waals surface area (Å²) in [6.07, 6.45) is 0.928. The Bertz CT molecular complexity index is 363. The maximum atomic E-state index is 5.79. The van der Waals surface area contributed by atoms with Gasteiger partial charge in [-0.1, -0.05) is 0 Å². The van der Waals surface area contributed by atoms with Crippen LogP contribution in [0.5, 0.6) is 11.5 Å². The van der Waals surface area contributed by atoms with E-state index in [-0.39, 0.29) is 6.10 Å². The summed E-state index contributed by atoms with van der Waals surface area (Å²) >= 11 is 0. The number of fused-ring (bicyclic) bond motifs is 1. The lowest BCUT2D eigenvalue weighted by molar-refractivity contribution is 0.199. The first kappa shape index (κ1) is 10.3. The minimum atomic E-state index is 0.0772. The van der Waals surface area contributed by atoms with Crippen LogP contribution in [0.3, 0.4) is 0 Å². The van der Waals surface area contributed by atoms with Crippen LogP contribution in [0.25, 0.3) is 0 Å². The summed E-state index contributed by atoms with van der Waals surface area (Å²) in [4.78, 5) is 0. The smallest absolute Gasteiger partial charge is 0.161 e. The van der Waals surface area contributed by atoms with Crippen LogP contribution in [-0.4, -0.2) is 19.3 Å². The van der Waals surface area contributed by atoms with Gasteiger partial charge in [-0.3, -0.25) is 0 Å². The Kier molecular flexibility index (Phi) is 2.82. The molecule has 1 aliphatic heterocycles. The predicted molar refractivity (Wildman–Crippen MR) is 59.5 cm³/mol. The largest absolute Gasteiger partial charge is 0.490 e. The molecule has 15 heavy (non-hydrogen) atoms. The summed E-state index contributed by atoms with van der Waals surface area (Å²) in [5, 5.41) is 0. The summed E-state index contributed by atoms with van der Waals surface area (Å²) < 4.78 is 11.4. The maximum absolute atomic E-state index is 5.79. The monoisotopic (exact) mass is 207 g/mol. The van der Waals surface area contributed by atoms with Gasteiger partial charge in [-0.2, -0.15) is 0 Å². The topological polar surface area (TPSA) is 44.5 Å². The first-order valence-electron chi connectivity index (χ1n) is 5.31. The number of nitrogens with two attached hydrogens (primary N) is 1. The van der Waals surface area contributed by atoms with Crippen LogP contribution in [0.1, 0.15) is 17.5 Å². The van der Waals surface area contributed by atoms with Gasteiger partial charge < -0.3 is 15.2 Å². The highest BCUT2D eigenvalue weighted by atomic mass is 16.5. The fourth-order valence-electron chi connectivity index (χ4n) is 1.67. The van der Waals surface area contributed by atoms with E-state index >= 15 is 0 Å². The Hall–Kier alpha value is -1.22. The Morgan fingerprint density at radius 2 is 1.93 bits per heavy atom. The van der Waals surface area contributed by atoms with E-state index in [0.717, 1.165) is 17.9 Å². The standard InChI is InChI=1S/C12H17NO2/c1-8-5-11-12(6-9(8)2)15-10(7-13)3-4-14-11/h5-6,10H,3-4,7,13H2,1-2H3. The summed E-state index contributed by atoms with van der Waals surface area (Å²) in [5.74, 6) is 1.67. The van der Waals surface area contributed by atoms with Crippen LogP contribution in [0.4, 0.5) is 0 Å². The van der Waals surface area contributed by atoms with Crippen molar-refractivity contribution in [3.05, 3.63) is 23.3 Å². The Labute approximate surface area is 90.2 Å². The number of benzene rings is 1. The van der Waals surface area contributed by atoms with Gasteiger partial charge in [0.1, 0.15) is 6.10 Å². The molecule has 0 bridgehead atoms. The van der Waals surface area contributed by atoms with Crippen LogP contribution in [0.15, 0.2) is 12.1 Å². The SMILES string of the molecule is Cc1cc2c(cc1C)OC(CN)CCO2. The van der Waals surface area contributed by atoms with Crippen molar-refractivity contribution in [2.45, 2.75) is 26.4 Å². The molecular weight excluding hydrogens is 190 g/mol. The van der Waals surface area contributed by atoms with E-state index in [1.54, 1.807) is 0 Å². The second kappa shape index (κ2) is 4.11. The van der Waals surface area contributed by atoms with E-state index in [4.69, 9.17) is 15.2 Å². The Morgan fingerprint density at radius 3 is 2.60 bits per heavy atom. The molecule has 2 rings (SSSR count). The maximum Gasteiger partial charge on any atom is 0.161 e. The molecule has 0 radical (unpaired) electrons. The molecule has 1 aromatic carbocycles. The second-order valence-corrected chi connectivity index (χ2v) is 4.00. The van der Waals surface area contributed by atoms with Crippen LogP contribution in [0.2, 0.25) is 0 Å². The van der Waals surface area contributed by atoms with Gasteiger partial charge in [-0.05, 0) is 37.1 Å². The molecule has 1 unspecified atom stereocenters. The first-order chi connectivity index (χ1) is 7.20. The summed E-state index contributed by atoms with van der Waals surface area (Å²) in [5.41, 5.74) is 8.06. The molecule has 3 nitrogen and oxygen atoms in total. The van der Waals surface area contributed by atoms with Crippen LogP contribution in [0, 0.1) is 13.8 Å². The van der Waals surface area contributed by atoms with Crippen molar-refractivity contribution in [1.82, 2.24) is 0 Å². The molecule has 1 aromatic rings. The van der Waals surface area contributed by atoms with Crippen molar-refractivity contribution in [1.29, 1.82) is 0 Å². The average molecular weight is 207 g/mol. The van der Waals surface area contributed by atoms with Gasteiger partial charge >= 0.3 is 0 Å². The minimum Gasteiger partial charge on any atom is -0.490 e. The quantitative estimate of drug-likeness (QED) is 0.763. The van der Waals surface area contributed by atoms with Gasteiger partial charge in [-0.25, -0.2) is 0 Å². The third-order valence-electron chi connectivity index (χ3n) is 2.81. The van der Waals surface area contributed by atoms with Gasteiger partial charge in [0, 0.05) is 13.0 Å². The molecule has 1 aliphatic rings. The van der Waals surface area contributed by atoms with Crippen molar-refractivity contribution in [3.63, 3.8) is 0 Å². The van der Waals surface area contributed by atoms with Gasteiger partial charge in [0.25, 0.3) is 0 Å². The van der Waals surface area contributed by atoms with Crippen LogP contribution >= 0.6 is 0 Å². The van der Waals surface area contributed by atoms with E-state index < -0.39 is 0 Å². The molecule has 0 saturated heterocycles. The molecule has 1 atom stereocenters. The lowest BCUT2D eigenvalue weighted by Crippen LogP contribution is -2.26. The molecule has 3 heteroatoms. The zero-order chi connectivity index (χ0) is 10.8. The van der Waals surface area contributed by atoms with Crippen molar-refractivity contribution in [2.24, 2.45) is 5.73 Å². The molecule has 82 valence electrons. The number of rotatable bonds is 1. The van der Waals surface area contributed by atoms with E-state index in [9.17, 15) is 0 Å². The molecule has 0 fully saturated rings. The molecule has 2 N–H and O–H groups in total. The normalized spacial score (nSPS) is 19.8. The third-order valence-corrected chi connectivity index (χ3v) is 2.81. The number of hydrogen-bond acceptors (Lipinski definition) is 3. The Morgan fingerprint density at radius 1 is 1.27 bits per heavy atom. The van der Waals surface area contributed by atoms with Crippen molar-refractivity contribution < 1.29 is 9.47 Å². The van der Waals surface area contributed by atoms with Gasteiger partial charge in [0.2, 0.25) is 0 Å². The van der Waals surface area contributed by atoms with Gasteiger partial charge in [0.05, 0.1) is 6.61 Å². The Balaban J connectivity index is 2.34. The molecule has 0 aliphatic carbocycles. The summed E-state index contributed by atoms with van der Waals surface area (Å²) in [6.45, 7) is 5.36. The summed E-state index contributed by atoms with van der Waals surface area (Å²) in [6, 6.07) is 4.06. The van der Waals surface area contributed by atoms with E-state index in [1.807, 2.05) is 12.1 Å². The molecule has 1 heterocycles. The van der Waals surface area contributed by atoms with E-state index in [1.165, 1.54) is 11.1 Å². The minimum absolute atomic E-state index is 0.0772. The van der Waals surface area contributed by atoms with Crippen molar-refractivity contribution in [3.8, 4) is 11.5 Å². The van der Waals surface area contributed by atoms with E-state index in [2.05, 4.69) is 13.8 Å². The first-order valence-corrected chi connectivity index (χ1v) is 5.31. The lowest BCUT2D eigenvalue weighted by atomic mass is 10.1. The van der Waals surface area contributed by atoms with Gasteiger partial charge in [0.15, 0.2) is 11.5 Å². The number of hydrogen-bond donors (Lipinski definition) is 1. The molecule has 0 aromatic heterocycles. The second-order valence-electron chi connectivity index (χ2n) is 4.00. The third kappa shape index (κ3) is 2.07. The lowest BCUT2D eigenvalue weighted by Gasteiger charge is -2.14. The fourth-order valence-corrected chi connectivity index (χ4v) is 1.67. The molecular formula is C12H17NO2. The highest BCUT2D eigenvalue weighted by molar-refractivity contribution is 5.47. The zero-order valence-electron chi connectivity index (χ0n) is 9.25. The predicted octanol–water partition coefficient (Wildman–Crippen LogP) is 1.79. The zero-order valence-corrected chi connectivity index (χ0v) is 9.25. The highest BCUT2D eigenvalue weighted by Gasteiger charge is 2.18. The highest BCUT2D eigenvalue weighted by Crippen LogP contribution is 2.33. The summed E-state index contributed by atoms with van der Waals surface area (Å²) in [7, 11) is 0. The van der Waals surface area contributed by atoms with Crippen molar-refractivity contribution >= 4 is 0 Å². The number of ether oxygens (including phenoxy) is 2. The molecule has 0 amide bonds. The fraction of sp³-hybridized carbons (Fsp3) is 0.500. The molecule has 0 spiro atoms. The van der Waals surface area contributed by atoms with Crippen LogP contribution < -0.4 is 15.2 Å².